The van der Waals surface area contributed by atoms with Crippen molar-refractivity contribution in [3.63, 3.8) is 0 Å². The lowest BCUT2D eigenvalue weighted by atomic mass is 10.1. The van der Waals surface area contributed by atoms with E-state index in [4.69, 9.17) is 4.74 Å². The molecule has 0 radical (unpaired) electrons. The Balaban J connectivity index is 2.17. The van der Waals surface area contributed by atoms with Crippen LogP contribution in [0, 0.1) is 0 Å². The largest absolute Gasteiger partial charge is 0.461 e. The van der Waals surface area contributed by atoms with Gasteiger partial charge in [0, 0.05) is 29.9 Å². The first kappa shape index (κ1) is 24.9. The Morgan fingerprint density at radius 1 is 1.30 bits per heavy atom. The van der Waals surface area contributed by atoms with E-state index in [1.165, 1.54) is 0 Å². The Morgan fingerprint density at radius 3 is 2.55 bits per heavy atom. The van der Waals surface area contributed by atoms with Crippen molar-refractivity contribution in [1.29, 1.82) is 0 Å². The zero-order valence-electron chi connectivity index (χ0n) is 19.2. The molecule has 1 saturated heterocycles. The number of thiazole rings is 1. The van der Waals surface area contributed by atoms with Gasteiger partial charge in [0.1, 0.15) is 11.5 Å². The molecule has 0 saturated carbocycles. The molecule has 7 nitrogen and oxygen atoms in total. The van der Waals surface area contributed by atoms with Gasteiger partial charge in [-0.25, -0.2) is 14.8 Å². The molecule has 1 N–H and O–H groups in total. The fraction of sp³-hybridized carbons (Fsp3) is 0.545. The van der Waals surface area contributed by atoms with Gasteiger partial charge in [-0.2, -0.15) is 13.2 Å². The first-order valence-corrected chi connectivity index (χ1v) is 11.5. The number of ether oxygens (including phenoxy) is 1. The molecule has 33 heavy (non-hydrogen) atoms. The first-order valence-electron chi connectivity index (χ1n) is 10.7. The third-order valence-corrected chi connectivity index (χ3v) is 6.12. The van der Waals surface area contributed by atoms with Gasteiger partial charge >= 0.3 is 12.1 Å². The van der Waals surface area contributed by atoms with E-state index in [1.54, 1.807) is 32.6 Å². The fourth-order valence-electron chi connectivity index (χ4n) is 3.62. The maximum atomic E-state index is 14.1. The lowest BCUT2D eigenvalue weighted by Crippen LogP contribution is -2.34. The topological polar surface area (TPSA) is 84.4 Å². The molecule has 180 valence electrons. The highest BCUT2D eigenvalue weighted by Gasteiger charge is 2.38. The van der Waals surface area contributed by atoms with Crippen LogP contribution in [0.2, 0.25) is 0 Å². The Morgan fingerprint density at radius 2 is 2.00 bits per heavy atom. The summed E-state index contributed by atoms with van der Waals surface area (Å²) in [5, 5.41) is 2.75. The summed E-state index contributed by atoms with van der Waals surface area (Å²) in [4.78, 5) is 35.4. The molecule has 0 aromatic carbocycles. The Bertz CT molecular complexity index is 1050. The first-order chi connectivity index (χ1) is 15.3. The van der Waals surface area contributed by atoms with Crippen molar-refractivity contribution in [2.24, 2.45) is 0 Å². The van der Waals surface area contributed by atoms with Gasteiger partial charge in [-0.15, -0.1) is 11.3 Å². The molecular formula is C22H27F3N4O3S. The second kappa shape index (κ2) is 9.28. The number of aromatic nitrogens is 2. The van der Waals surface area contributed by atoms with Crippen molar-refractivity contribution in [2.45, 2.75) is 65.2 Å². The van der Waals surface area contributed by atoms with Crippen molar-refractivity contribution < 1.29 is 27.5 Å². The van der Waals surface area contributed by atoms with Crippen LogP contribution in [0.15, 0.2) is 12.3 Å². The number of amides is 1. The van der Waals surface area contributed by atoms with Gasteiger partial charge in [-0.1, -0.05) is 0 Å². The van der Waals surface area contributed by atoms with Crippen LogP contribution < -0.4 is 5.32 Å². The SMILES string of the molecule is CCOC(=O)c1nc(C(=O)N2CCC[C@@H]2C)c(-c2cnc(NC(C)(C)C)cc2C(F)(F)F)s1. The summed E-state index contributed by atoms with van der Waals surface area (Å²) in [6.45, 7) is 9.44. The summed E-state index contributed by atoms with van der Waals surface area (Å²) < 4.78 is 47.2. The molecule has 3 heterocycles. The number of carbonyl (C=O) groups is 2. The average molecular weight is 485 g/mol. The lowest BCUT2D eigenvalue weighted by molar-refractivity contribution is -0.137. The van der Waals surface area contributed by atoms with Crippen LogP contribution in [0.4, 0.5) is 19.0 Å². The monoisotopic (exact) mass is 484 g/mol. The average Bonchev–Trinajstić information content (AvgIpc) is 3.32. The van der Waals surface area contributed by atoms with E-state index in [9.17, 15) is 22.8 Å². The summed E-state index contributed by atoms with van der Waals surface area (Å²) >= 11 is 0.705. The van der Waals surface area contributed by atoms with Crippen LogP contribution in [0.3, 0.4) is 0 Å². The van der Waals surface area contributed by atoms with Crippen LogP contribution in [-0.2, 0) is 10.9 Å². The molecule has 1 aliphatic rings. The number of halogens is 3. The van der Waals surface area contributed by atoms with Gasteiger partial charge in [0.25, 0.3) is 5.91 Å². The quantitative estimate of drug-likeness (QED) is 0.585. The van der Waals surface area contributed by atoms with Crippen LogP contribution >= 0.6 is 11.3 Å². The Kier molecular flexibility index (Phi) is 7.01. The molecule has 0 bridgehead atoms. The molecule has 2 aromatic rings. The predicted molar refractivity (Wildman–Crippen MR) is 119 cm³/mol. The number of rotatable bonds is 5. The molecule has 1 fully saturated rings. The number of alkyl halides is 3. The molecule has 11 heteroatoms. The maximum Gasteiger partial charge on any atom is 0.417 e. The summed E-state index contributed by atoms with van der Waals surface area (Å²) in [7, 11) is 0. The molecule has 0 spiro atoms. The molecule has 1 atom stereocenters. The van der Waals surface area contributed by atoms with E-state index in [-0.39, 0.29) is 39.6 Å². The minimum atomic E-state index is -4.72. The van der Waals surface area contributed by atoms with Crippen molar-refractivity contribution in [3.05, 3.63) is 28.5 Å². The van der Waals surface area contributed by atoms with Gasteiger partial charge < -0.3 is 15.0 Å². The number of esters is 1. The lowest BCUT2D eigenvalue weighted by Gasteiger charge is -2.23. The van der Waals surface area contributed by atoms with Crippen LogP contribution in [0.5, 0.6) is 0 Å². The van der Waals surface area contributed by atoms with Crippen molar-refractivity contribution >= 4 is 29.0 Å². The van der Waals surface area contributed by atoms with Gasteiger partial charge in [0.15, 0.2) is 0 Å². The van der Waals surface area contributed by atoms with Gasteiger partial charge in [0.2, 0.25) is 5.01 Å². The minimum Gasteiger partial charge on any atom is -0.461 e. The van der Waals surface area contributed by atoms with Crippen molar-refractivity contribution in [1.82, 2.24) is 14.9 Å². The second-order valence-electron chi connectivity index (χ2n) is 8.89. The zero-order chi connectivity index (χ0) is 24.6. The molecule has 3 rings (SSSR count). The van der Waals surface area contributed by atoms with E-state index in [1.807, 2.05) is 6.92 Å². The smallest absolute Gasteiger partial charge is 0.417 e. The number of likely N-dealkylation sites (tertiary alicyclic amines) is 1. The molecular weight excluding hydrogens is 457 g/mol. The van der Waals surface area contributed by atoms with Crippen molar-refractivity contribution in [2.75, 3.05) is 18.5 Å². The Labute approximate surface area is 194 Å². The summed E-state index contributed by atoms with van der Waals surface area (Å²) in [5.74, 6) is -1.24. The molecule has 0 aliphatic carbocycles. The third kappa shape index (κ3) is 5.63. The fourth-order valence-corrected chi connectivity index (χ4v) is 4.60. The summed E-state index contributed by atoms with van der Waals surface area (Å²) in [6.07, 6.45) is -2.07. The number of nitrogens with zero attached hydrogens (tertiary/aromatic N) is 3. The highest BCUT2D eigenvalue weighted by atomic mass is 32.1. The van der Waals surface area contributed by atoms with E-state index in [2.05, 4.69) is 15.3 Å². The second-order valence-corrected chi connectivity index (χ2v) is 9.89. The van der Waals surface area contributed by atoms with Gasteiger partial charge in [-0.05, 0) is 53.5 Å². The van der Waals surface area contributed by atoms with Crippen LogP contribution in [0.25, 0.3) is 10.4 Å². The number of anilines is 1. The van der Waals surface area contributed by atoms with Crippen LogP contribution in [0.1, 0.15) is 73.3 Å². The molecule has 2 aromatic heterocycles. The number of hydrogen-bond acceptors (Lipinski definition) is 7. The van der Waals surface area contributed by atoms with E-state index in [0.717, 1.165) is 25.1 Å². The summed E-state index contributed by atoms with van der Waals surface area (Å²) in [6, 6.07) is 0.841. The van der Waals surface area contributed by atoms with Crippen molar-refractivity contribution in [3.8, 4) is 10.4 Å². The highest BCUT2D eigenvalue weighted by Crippen LogP contribution is 2.42. The van der Waals surface area contributed by atoms with E-state index >= 15 is 0 Å². The zero-order valence-corrected chi connectivity index (χ0v) is 20.0. The van der Waals surface area contributed by atoms with Gasteiger partial charge in [-0.3, -0.25) is 4.79 Å². The van der Waals surface area contributed by atoms with Gasteiger partial charge in [0.05, 0.1) is 17.0 Å². The number of pyridine rings is 1. The molecule has 1 aliphatic heterocycles. The van der Waals surface area contributed by atoms with E-state index < -0.39 is 29.2 Å². The standard InChI is InChI=1S/C22H27F3N4O3S/c1-6-32-20(31)18-27-16(19(30)29-9-7-8-12(29)2)17(33-18)13-11-26-15(28-21(3,4)5)10-14(13)22(23,24)25/h10-12H,6-9H2,1-5H3,(H,26,28)/t12-/m0/s1. The number of carbonyl (C=O) groups excluding carboxylic acids is 2. The number of hydrogen-bond donors (Lipinski definition) is 1. The third-order valence-electron chi connectivity index (χ3n) is 5.05. The summed E-state index contributed by atoms with van der Waals surface area (Å²) in [5.41, 5.74) is -1.97. The van der Waals surface area contributed by atoms with E-state index in [0.29, 0.717) is 17.9 Å². The molecule has 0 unspecified atom stereocenters. The minimum absolute atomic E-state index is 0.0507. The Hall–Kier alpha value is -2.69. The maximum absolute atomic E-state index is 14.1. The highest BCUT2D eigenvalue weighted by molar-refractivity contribution is 7.17. The number of nitrogens with one attached hydrogen (secondary N) is 1. The van der Waals surface area contributed by atoms with Crippen LogP contribution in [-0.4, -0.2) is 51.5 Å². The normalized spacial score (nSPS) is 16.7. The molecule has 1 amide bonds. The predicted octanol–water partition coefficient (Wildman–Crippen LogP) is 5.24.